The second-order valence-corrected chi connectivity index (χ2v) is 8.47. The van der Waals surface area contributed by atoms with E-state index in [2.05, 4.69) is 18.6 Å². The van der Waals surface area contributed by atoms with Gasteiger partial charge in [0.1, 0.15) is 0 Å². The van der Waals surface area contributed by atoms with E-state index in [0.717, 1.165) is 18.1 Å². The predicted octanol–water partition coefficient (Wildman–Crippen LogP) is 2.20. The van der Waals surface area contributed by atoms with E-state index in [4.69, 9.17) is 9.16 Å². The van der Waals surface area contributed by atoms with Gasteiger partial charge in [-0.25, -0.2) is 0 Å². The lowest BCUT2D eigenvalue weighted by atomic mass is 10.5. The van der Waals surface area contributed by atoms with Crippen molar-refractivity contribution in [2.24, 2.45) is 0 Å². The zero-order valence-corrected chi connectivity index (χ0v) is 11.9. The van der Waals surface area contributed by atoms with Crippen LogP contribution in [0.1, 0.15) is 20.3 Å². The molecule has 0 N–H and O–H groups in total. The van der Waals surface area contributed by atoms with Gasteiger partial charge in [0.05, 0.1) is 20.1 Å². The number of rotatable bonds is 9. The van der Waals surface area contributed by atoms with Gasteiger partial charge in [0.25, 0.3) is 0 Å². The van der Waals surface area contributed by atoms with Crippen LogP contribution in [0.4, 0.5) is 0 Å². The second kappa shape index (κ2) is 8.72. The molecule has 0 fully saturated rings. The Morgan fingerprint density at radius 1 is 1.12 bits per heavy atom. The first-order valence-electron chi connectivity index (χ1n) is 5.83. The molecule has 5 heteroatoms. The fourth-order valence-corrected chi connectivity index (χ4v) is 4.12. The van der Waals surface area contributed by atoms with E-state index in [1.165, 1.54) is 7.11 Å². The van der Waals surface area contributed by atoms with Crippen molar-refractivity contribution in [3.63, 3.8) is 0 Å². The van der Waals surface area contributed by atoms with Crippen LogP contribution in [0, 0.1) is 0 Å². The van der Waals surface area contributed by atoms with Crippen molar-refractivity contribution in [3.8, 4) is 0 Å². The van der Waals surface area contributed by atoms with Gasteiger partial charge in [-0.2, -0.15) is 0 Å². The highest BCUT2D eigenvalue weighted by Crippen LogP contribution is 2.20. The Bertz CT molecular complexity index is 184. The van der Waals surface area contributed by atoms with E-state index in [0.29, 0.717) is 19.6 Å². The summed E-state index contributed by atoms with van der Waals surface area (Å²) in [5.74, 6) is -0.221. The molecular weight excluding hydrogens is 224 g/mol. The van der Waals surface area contributed by atoms with Gasteiger partial charge in [-0.05, 0) is 18.1 Å². The lowest BCUT2D eigenvalue weighted by Crippen LogP contribution is -2.36. The Labute approximate surface area is 99.4 Å². The number of ether oxygens (including phenoxy) is 2. The van der Waals surface area contributed by atoms with Gasteiger partial charge >= 0.3 is 5.97 Å². The van der Waals surface area contributed by atoms with E-state index in [9.17, 15) is 4.79 Å². The molecule has 0 amide bonds. The number of carbonyl (C=O) groups excluding carboxylic acids is 1. The highest BCUT2D eigenvalue weighted by molar-refractivity contribution is 6.73. The molecule has 0 aromatic rings. The largest absolute Gasteiger partial charge is 0.469 e. The fourth-order valence-electron chi connectivity index (χ4n) is 1.61. The molecule has 0 unspecified atom stereocenters. The molecule has 96 valence electrons. The zero-order chi connectivity index (χ0) is 12.4. The first-order valence-corrected chi connectivity index (χ1v) is 8.36. The average Bonchev–Trinajstić information content (AvgIpc) is 2.34. The molecule has 0 spiro atoms. The normalized spacial score (nSPS) is 11.5. The van der Waals surface area contributed by atoms with Crippen LogP contribution in [0.2, 0.25) is 18.1 Å². The molecule has 4 nitrogen and oxygen atoms in total. The van der Waals surface area contributed by atoms with Gasteiger partial charge in [-0.3, -0.25) is 4.79 Å². The third-order valence-corrected chi connectivity index (χ3v) is 7.66. The summed E-state index contributed by atoms with van der Waals surface area (Å²) in [5.41, 5.74) is 0. The quantitative estimate of drug-likeness (QED) is 0.356. The van der Waals surface area contributed by atoms with Crippen molar-refractivity contribution in [1.82, 2.24) is 0 Å². The van der Waals surface area contributed by atoms with Gasteiger partial charge in [0.2, 0.25) is 0 Å². The summed E-state index contributed by atoms with van der Waals surface area (Å²) >= 11 is 0. The fraction of sp³-hybridized carbons (Fsp3) is 0.909. The SMILES string of the molecule is CC[Si](CC)(CCOCCC(=O)OC)OC. The monoisotopic (exact) mass is 248 g/mol. The molecule has 0 radical (unpaired) electrons. The van der Waals surface area contributed by atoms with Gasteiger partial charge in [-0.1, -0.05) is 13.8 Å². The summed E-state index contributed by atoms with van der Waals surface area (Å²) in [6, 6.07) is 3.22. The van der Waals surface area contributed by atoms with Crippen molar-refractivity contribution in [2.45, 2.75) is 38.4 Å². The molecule has 0 aliphatic heterocycles. The summed E-state index contributed by atoms with van der Waals surface area (Å²) in [4.78, 5) is 10.8. The van der Waals surface area contributed by atoms with Crippen molar-refractivity contribution in [1.29, 1.82) is 0 Å². The van der Waals surface area contributed by atoms with Gasteiger partial charge in [0, 0.05) is 13.7 Å². The maximum absolute atomic E-state index is 10.8. The highest BCUT2D eigenvalue weighted by Gasteiger charge is 2.28. The van der Waals surface area contributed by atoms with Crippen LogP contribution in [0.15, 0.2) is 0 Å². The van der Waals surface area contributed by atoms with Crippen LogP contribution in [0.25, 0.3) is 0 Å². The minimum Gasteiger partial charge on any atom is -0.469 e. The average molecular weight is 248 g/mol. The summed E-state index contributed by atoms with van der Waals surface area (Å²) < 4.78 is 15.6. The molecule has 0 rings (SSSR count). The van der Waals surface area contributed by atoms with Crippen LogP contribution in [-0.2, 0) is 18.7 Å². The smallest absolute Gasteiger partial charge is 0.307 e. The van der Waals surface area contributed by atoms with Gasteiger partial charge < -0.3 is 13.9 Å². The molecule has 0 heterocycles. The third-order valence-electron chi connectivity index (χ3n) is 3.10. The van der Waals surface area contributed by atoms with E-state index in [1.54, 1.807) is 7.11 Å². The predicted molar refractivity (Wildman–Crippen MR) is 66.0 cm³/mol. The summed E-state index contributed by atoms with van der Waals surface area (Å²) in [5, 5.41) is 0. The molecule has 0 aromatic carbocycles. The Morgan fingerprint density at radius 2 is 1.75 bits per heavy atom. The molecule has 0 aliphatic rings. The molecule has 0 bridgehead atoms. The van der Waals surface area contributed by atoms with E-state index in [-0.39, 0.29) is 5.97 Å². The van der Waals surface area contributed by atoms with E-state index < -0.39 is 8.32 Å². The lowest BCUT2D eigenvalue weighted by molar-refractivity contribution is -0.141. The molecule has 0 aliphatic carbocycles. The highest BCUT2D eigenvalue weighted by atomic mass is 28.4. The molecule has 16 heavy (non-hydrogen) atoms. The van der Waals surface area contributed by atoms with Gasteiger partial charge in [0.15, 0.2) is 8.32 Å². The van der Waals surface area contributed by atoms with E-state index in [1.807, 2.05) is 0 Å². The first-order chi connectivity index (χ1) is 7.64. The van der Waals surface area contributed by atoms with Crippen molar-refractivity contribution in [3.05, 3.63) is 0 Å². The maximum atomic E-state index is 10.8. The van der Waals surface area contributed by atoms with Crippen LogP contribution in [0.3, 0.4) is 0 Å². The molecule has 0 aromatic heterocycles. The Kier molecular flexibility index (Phi) is 8.51. The van der Waals surface area contributed by atoms with Crippen molar-refractivity contribution in [2.75, 3.05) is 27.4 Å². The first kappa shape index (κ1) is 15.6. The topological polar surface area (TPSA) is 44.8 Å². The number of esters is 1. The third kappa shape index (κ3) is 5.63. The summed E-state index contributed by atoms with van der Waals surface area (Å²) in [7, 11) is 1.64. The minimum atomic E-state index is -1.54. The number of hydrogen-bond donors (Lipinski definition) is 0. The number of methoxy groups -OCH3 is 1. The summed E-state index contributed by atoms with van der Waals surface area (Å²) in [6.07, 6.45) is 0.330. The van der Waals surface area contributed by atoms with Crippen LogP contribution in [-0.4, -0.2) is 41.7 Å². The molecule has 0 saturated carbocycles. The number of carbonyl (C=O) groups is 1. The Morgan fingerprint density at radius 3 is 2.19 bits per heavy atom. The van der Waals surface area contributed by atoms with Crippen LogP contribution >= 0.6 is 0 Å². The minimum absolute atomic E-state index is 0.221. The Hall–Kier alpha value is -0.393. The Balaban J connectivity index is 3.67. The number of hydrogen-bond acceptors (Lipinski definition) is 4. The maximum Gasteiger partial charge on any atom is 0.307 e. The lowest BCUT2D eigenvalue weighted by Gasteiger charge is -2.26. The van der Waals surface area contributed by atoms with Crippen molar-refractivity contribution >= 4 is 14.3 Å². The zero-order valence-electron chi connectivity index (χ0n) is 10.9. The molecule has 0 atom stereocenters. The standard InChI is InChI=1S/C11H24O4Si/c1-5-16(6-2,14-4)10-9-15-8-7-11(12)13-3/h5-10H2,1-4H3. The summed E-state index contributed by atoms with van der Waals surface area (Å²) in [6.45, 7) is 5.47. The van der Waals surface area contributed by atoms with Crippen LogP contribution < -0.4 is 0 Å². The van der Waals surface area contributed by atoms with E-state index >= 15 is 0 Å². The van der Waals surface area contributed by atoms with Crippen LogP contribution in [0.5, 0.6) is 0 Å². The second-order valence-electron chi connectivity index (χ2n) is 3.78. The van der Waals surface area contributed by atoms with Gasteiger partial charge in [-0.15, -0.1) is 0 Å². The molecular formula is C11H24O4Si. The molecule has 0 saturated heterocycles. The van der Waals surface area contributed by atoms with Crippen molar-refractivity contribution < 1.29 is 18.7 Å².